The van der Waals surface area contributed by atoms with Gasteiger partial charge in [0.15, 0.2) is 6.61 Å². The zero-order valence-corrected chi connectivity index (χ0v) is 15.8. The first-order valence-corrected chi connectivity index (χ1v) is 10.0. The second kappa shape index (κ2) is 7.96. The van der Waals surface area contributed by atoms with Crippen molar-refractivity contribution in [3.63, 3.8) is 0 Å². The lowest BCUT2D eigenvalue weighted by molar-refractivity contribution is -0.0243. The number of aryl methyl sites for hydroxylation is 1. The van der Waals surface area contributed by atoms with Gasteiger partial charge in [-0.2, -0.15) is 0 Å². The van der Waals surface area contributed by atoms with Crippen LogP contribution in [0, 0.1) is 5.41 Å². The van der Waals surface area contributed by atoms with Gasteiger partial charge in [0, 0.05) is 26.2 Å². The summed E-state index contributed by atoms with van der Waals surface area (Å²) in [6.45, 7) is 5.80. The molecule has 1 unspecified atom stereocenters. The number of oxime groups is 1. The summed E-state index contributed by atoms with van der Waals surface area (Å²) in [4.78, 5) is 12.7. The van der Waals surface area contributed by atoms with Crippen LogP contribution in [0.4, 0.5) is 0 Å². The maximum absolute atomic E-state index is 6.43. The molecule has 7 heteroatoms. The molecule has 4 heterocycles. The maximum atomic E-state index is 6.43. The van der Waals surface area contributed by atoms with Crippen molar-refractivity contribution in [1.29, 1.82) is 0 Å². The van der Waals surface area contributed by atoms with E-state index in [1.807, 2.05) is 17.9 Å². The summed E-state index contributed by atoms with van der Waals surface area (Å²) in [5, 5.41) is 7.85. The zero-order valence-electron chi connectivity index (χ0n) is 15.8. The molecular formula is C19H31N5O2. The monoisotopic (exact) mass is 361 g/mol. The molecule has 144 valence electrons. The summed E-state index contributed by atoms with van der Waals surface area (Å²) >= 11 is 0. The van der Waals surface area contributed by atoms with E-state index in [0.717, 1.165) is 50.5 Å². The van der Waals surface area contributed by atoms with Crippen molar-refractivity contribution in [3.05, 3.63) is 18.2 Å². The van der Waals surface area contributed by atoms with E-state index in [-0.39, 0.29) is 11.5 Å². The van der Waals surface area contributed by atoms with Gasteiger partial charge < -0.3 is 19.5 Å². The number of nitrogens with one attached hydrogen (secondary N) is 1. The van der Waals surface area contributed by atoms with Crippen molar-refractivity contribution >= 4 is 5.90 Å². The van der Waals surface area contributed by atoms with Gasteiger partial charge in [0.1, 0.15) is 6.10 Å². The number of aromatic nitrogens is 2. The molecule has 1 N–H and O–H groups in total. The third kappa shape index (κ3) is 4.04. The Balaban J connectivity index is 1.46. The van der Waals surface area contributed by atoms with Crippen molar-refractivity contribution < 1.29 is 9.57 Å². The Hall–Kier alpha value is -1.60. The highest BCUT2D eigenvalue weighted by molar-refractivity contribution is 5.83. The van der Waals surface area contributed by atoms with Gasteiger partial charge in [-0.15, -0.1) is 0 Å². The molecule has 4 rings (SSSR count). The number of nitrogens with zero attached hydrogens (tertiary/aromatic N) is 4. The molecule has 0 aromatic carbocycles. The third-order valence-corrected chi connectivity index (χ3v) is 5.89. The minimum atomic E-state index is -0.111. The fraction of sp³-hybridized carbons (Fsp3) is 0.789. The molecule has 7 nitrogen and oxygen atoms in total. The number of piperidine rings is 2. The predicted molar refractivity (Wildman–Crippen MR) is 100.0 cm³/mol. The molecule has 26 heavy (non-hydrogen) atoms. The first-order valence-electron chi connectivity index (χ1n) is 10.0. The maximum Gasteiger partial charge on any atom is 0.232 e. The van der Waals surface area contributed by atoms with Crippen LogP contribution in [-0.2, 0) is 23.0 Å². The zero-order chi connectivity index (χ0) is 17.8. The fourth-order valence-electron chi connectivity index (χ4n) is 4.41. The van der Waals surface area contributed by atoms with Gasteiger partial charge in [-0.25, -0.2) is 4.98 Å². The van der Waals surface area contributed by atoms with Crippen molar-refractivity contribution in [2.75, 3.05) is 39.3 Å². The largest absolute Gasteiger partial charge is 0.470 e. The number of ether oxygens (including phenoxy) is 1. The van der Waals surface area contributed by atoms with Gasteiger partial charge in [0.05, 0.1) is 17.4 Å². The molecule has 1 aromatic heterocycles. The smallest absolute Gasteiger partial charge is 0.232 e. The lowest BCUT2D eigenvalue weighted by Gasteiger charge is -2.40. The quantitative estimate of drug-likeness (QED) is 0.862. The Labute approximate surface area is 155 Å². The molecule has 0 bridgehead atoms. The minimum Gasteiger partial charge on any atom is -0.470 e. The van der Waals surface area contributed by atoms with Gasteiger partial charge in [-0.1, -0.05) is 11.6 Å². The summed E-state index contributed by atoms with van der Waals surface area (Å²) < 4.78 is 8.44. The highest BCUT2D eigenvalue weighted by Crippen LogP contribution is 2.36. The van der Waals surface area contributed by atoms with Crippen molar-refractivity contribution in [3.8, 4) is 0 Å². The average molecular weight is 361 g/mol. The predicted octanol–water partition coefficient (Wildman–Crippen LogP) is 1.55. The molecule has 3 aliphatic rings. The Morgan fingerprint density at radius 3 is 2.77 bits per heavy atom. The molecule has 0 aliphatic carbocycles. The molecule has 2 fully saturated rings. The Bertz CT molecular complexity index is 617. The fourth-order valence-corrected chi connectivity index (χ4v) is 4.41. The molecule has 0 radical (unpaired) electrons. The molecule has 0 saturated carbocycles. The Morgan fingerprint density at radius 1 is 1.23 bits per heavy atom. The van der Waals surface area contributed by atoms with Crippen LogP contribution in [0.25, 0.3) is 0 Å². The average Bonchev–Trinajstić information content (AvgIpc) is 3.08. The van der Waals surface area contributed by atoms with E-state index < -0.39 is 0 Å². The molecule has 0 amide bonds. The van der Waals surface area contributed by atoms with Crippen LogP contribution in [0.1, 0.15) is 37.8 Å². The minimum absolute atomic E-state index is 0.0797. The van der Waals surface area contributed by atoms with Gasteiger partial charge in [0.2, 0.25) is 5.90 Å². The van der Waals surface area contributed by atoms with E-state index in [0.29, 0.717) is 6.61 Å². The highest BCUT2D eigenvalue weighted by atomic mass is 16.7. The van der Waals surface area contributed by atoms with Gasteiger partial charge in [-0.05, 0) is 51.9 Å². The molecular weight excluding hydrogens is 330 g/mol. The Morgan fingerprint density at radius 2 is 2.04 bits per heavy atom. The lowest BCUT2D eigenvalue weighted by Crippen LogP contribution is -2.49. The molecule has 0 spiro atoms. The number of likely N-dealkylation sites (tertiary alicyclic amines) is 1. The highest BCUT2D eigenvalue weighted by Gasteiger charge is 2.43. The van der Waals surface area contributed by atoms with Crippen LogP contribution < -0.4 is 5.32 Å². The molecule has 3 aliphatic heterocycles. The third-order valence-electron chi connectivity index (χ3n) is 5.89. The van der Waals surface area contributed by atoms with E-state index in [1.165, 1.54) is 32.4 Å². The lowest BCUT2D eigenvalue weighted by atomic mass is 9.75. The van der Waals surface area contributed by atoms with Crippen LogP contribution in [0.5, 0.6) is 0 Å². The van der Waals surface area contributed by atoms with Gasteiger partial charge in [-0.3, -0.25) is 4.90 Å². The van der Waals surface area contributed by atoms with Crippen molar-refractivity contribution in [1.82, 2.24) is 19.8 Å². The molecule has 1 atom stereocenters. The summed E-state index contributed by atoms with van der Waals surface area (Å²) in [6, 6.07) is 0. The van der Waals surface area contributed by atoms with Crippen LogP contribution in [0.2, 0.25) is 0 Å². The van der Waals surface area contributed by atoms with Crippen molar-refractivity contribution in [2.24, 2.45) is 17.6 Å². The van der Waals surface area contributed by atoms with E-state index in [9.17, 15) is 0 Å². The number of imidazole rings is 1. The first-order chi connectivity index (χ1) is 12.7. The SMILES string of the molecule is Cn1cnc(CC2(C3=NOCC(CN4CCCCC4)O3)CCNCC2)c1. The topological polar surface area (TPSA) is 63.9 Å². The number of rotatable bonds is 5. The molecule has 2 saturated heterocycles. The van der Waals surface area contributed by atoms with Gasteiger partial charge >= 0.3 is 0 Å². The Kier molecular flexibility index (Phi) is 5.45. The number of hydrogen-bond donors (Lipinski definition) is 1. The first kappa shape index (κ1) is 17.8. The summed E-state index contributed by atoms with van der Waals surface area (Å²) in [5.74, 6) is 0.790. The standard InChI is InChI=1S/C19H31N5O2/c1-23-12-16(21-15-23)11-19(5-7-20-8-6-19)18-22-25-14-17(26-18)13-24-9-3-2-4-10-24/h12,15,17,20H,2-11,13-14H2,1H3. The van der Waals surface area contributed by atoms with E-state index in [2.05, 4.69) is 26.6 Å². The second-order valence-corrected chi connectivity index (χ2v) is 8.03. The van der Waals surface area contributed by atoms with Crippen LogP contribution in [0.3, 0.4) is 0 Å². The summed E-state index contributed by atoms with van der Waals surface area (Å²) in [7, 11) is 2.01. The van der Waals surface area contributed by atoms with Crippen molar-refractivity contribution in [2.45, 2.75) is 44.6 Å². The molecule has 1 aromatic rings. The second-order valence-electron chi connectivity index (χ2n) is 8.03. The van der Waals surface area contributed by atoms with E-state index in [4.69, 9.17) is 9.57 Å². The van der Waals surface area contributed by atoms with Crippen LogP contribution in [0.15, 0.2) is 17.7 Å². The summed E-state index contributed by atoms with van der Waals surface area (Å²) in [5.41, 5.74) is 0.985. The normalized spacial score (nSPS) is 26.7. The van der Waals surface area contributed by atoms with Gasteiger partial charge in [0.25, 0.3) is 0 Å². The van der Waals surface area contributed by atoms with Crippen LogP contribution in [-0.4, -0.2) is 65.8 Å². The van der Waals surface area contributed by atoms with Crippen LogP contribution >= 0.6 is 0 Å². The number of hydrogen-bond acceptors (Lipinski definition) is 6. The van der Waals surface area contributed by atoms with E-state index >= 15 is 0 Å². The summed E-state index contributed by atoms with van der Waals surface area (Å²) in [6.07, 6.45) is 10.8. The van der Waals surface area contributed by atoms with E-state index in [1.54, 1.807) is 0 Å².